The molecule has 134 valence electrons. The molecule has 3 heterocycles. The van der Waals surface area contributed by atoms with Gasteiger partial charge in [0.05, 0.1) is 16.6 Å². The molecule has 6 heteroatoms. The molecule has 3 aromatic rings. The average molecular weight is 369 g/mol. The number of hydrogen-bond acceptors (Lipinski definition) is 4. The monoisotopic (exact) mass is 368 g/mol. The number of hydrogen-bond donors (Lipinski definition) is 1. The van der Waals surface area contributed by atoms with Crippen molar-refractivity contribution in [3.05, 3.63) is 41.0 Å². The van der Waals surface area contributed by atoms with E-state index in [1.165, 1.54) is 16.9 Å². The summed E-state index contributed by atoms with van der Waals surface area (Å²) in [6.45, 7) is 2.06. The average Bonchev–Trinajstić information content (AvgIpc) is 3.37. The summed E-state index contributed by atoms with van der Waals surface area (Å²) in [6.07, 6.45) is 4.09. The van der Waals surface area contributed by atoms with Crippen LogP contribution >= 0.6 is 12.4 Å². The van der Waals surface area contributed by atoms with Crippen LogP contribution in [0.3, 0.4) is 0 Å². The minimum Gasteiger partial charge on any atom is -0.396 e. The van der Waals surface area contributed by atoms with Crippen LogP contribution in [0.15, 0.2) is 24.3 Å². The van der Waals surface area contributed by atoms with Gasteiger partial charge >= 0.3 is 0 Å². The lowest BCUT2D eigenvalue weighted by Gasteiger charge is -2.24. The largest absolute Gasteiger partial charge is 0.396 e. The van der Waals surface area contributed by atoms with Crippen LogP contribution in [0.4, 0.5) is 5.82 Å². The third-order valence-corrected chi connectivity index (χ3v) is 5.74. The van der Waals surface area contributed by atoms with E-state index in [0.717, 1.165) is 61.0 Å². The van der Waals surface area contributed by atoms with E-state index in [0.29, 0.717) is 5.92 Å². The highest BCUT2D eigenvalue weighted by molar-refractivity contribution is 5.86. The van der Waals surface area contributed by atoms with Gasteiger partial charge in [0.1, 0.15) is 11.9 Å². The standard InChI is InChI=1S/C20H20N4O.ClH/c21-10-16-14-4-3-5-15(14)20(23-9-8-13(11-23)12-25)24-18-7-2-1-6-17(18)22-19(16)24;/h1-2,6-7,13,25H,3-5,8-9,11-12H2;1H. The van der Waals surface area contributed by atoms with E-state index in [1.54, 1.807) is 0 Å². The SMILES string of the molecule is Cl.N#Cc1c2c(c(N3CCC(CO)C3)n3c1nc1ccccc13)CCC2. The Morgan fingerprint density at radius 2 is 2.04 bits per heavy atom. The van der Waals surface area contributed by atoms with E-state index in [4.69, 9.17) is 4.98 Å². The van der Waals surface area contributed by atoms with E-state index < -0.39 is 0 Å². The number of fused-ring (bicyclic) bond motifs is 4. The van der Waals surface area contributed by atoms with Crippen molar-refractivity contribution in [2.24, 2.45) is 5.92 Å². The van der Waals surface area contributed by atoms with E-state index in [-0.39, 0.29) is 19.0 Å². The van der Waals surface area contributed by atoms with Crippen molar-refractivity contribution in [1.82, 2.24) is 9.38 Å². The van der Waals surface area contributed by atoms with Gasteiger partial charge < -0.3 is 10.0 Å². The lowest BCUT2D eigenvalue weighted by atomic mass is 10.1. The Hall–Kier alpha value is -2.29. The van der Waals surface area contributed by atoms with Crippen molar-refractivity contribution in [3.63, 3.8) is 0 Å². The maximum atomic E-state index is 9.81. The van der Waals surface area contributed by atoms with Crippen LogP contribution in [-0.2, 0) is 12.8 Å². The lowest BCUT2D eigenvalue weighted by Crippen LogP contribution is -2.25. The van der Waals surface area contributed by atoms with Crippen LogP contribution in [-0.4, -0.2) is 34.2 Å². The minimum atomic E-state index is 0. The predicted molar refractivity (Wildman–Crippen MR) is 104 cm³/mol. The minimum absolute atomic E-state index is 0. The molecule has 1 aliphatic heterocycles. The zero-order valence-electron chi connectivity index (χ0n) is 14.5. The molecule has 0 saturated carbocycles. The third kappa shape index (κ3) is 2.29. The fraction of sp³-hybridized carbons (Fsp3) is 0.400. The van der Waals surface area contributed by atoms with Gasteiger partial charge in [-0.3, -0.25) is 4.40 Å². The van der Waals surface area contributed by atoms with Crippen molar-refractivity contribution >= 4 is 34.9 Å². The van der Waals surface area contributed by atoms with Crippen LogP contribution < -0.4 is 4.90 Å². The van der Waals surface area contributed by atoms with Crippen LogP contribution in [0.2, 0.25) is 0 Å². The predicted octanol–water partition coefficient (Wildman–Crippen LogP) is 3.09. The van der Waals surface area contributed by atoms with Gasteiger partial charge in [0.25, 0.3) is 0 Å². The molecule has 2 aromatic heterocycles. The van der Waals surface area contributed by atoms with E-state index >= 15 is 0 Å². The molecule has 1 fully saturated rings. The first-order chi connectivity index (χ1) is 12.3. The molecule has 26 heavy (non-hydrogen) atoms. The van der Waals surface area contributed by atoms with E-state index in [2.05, 4.69) is 21.4 Å². The molecule has 2 aliphatic rings. The molecule has 1 N–H and O–H groups in total. The number of aliphatic hydroxyl groups is 1. The van der Waals surface area contributed by atoms with Crippen LogP contribution in [0.25, 0.3) is 16.7 Å². The lowest BCUT2D eigenvalue weighted by molar-refractivity contribution is 0.238. The Morgan fingerprint density at radius 1 is 1.23 bits per heavy atom. The second kappa shape index (κ2) is 6.46. The number of para-hydroxylation sites is 2. The first kappa shape index (κ1) is 17.1. The number of benzene rings is 1. The van der Waals surface area contributed by atoms with Crippen molar-refractivity contribution in [2.45, 2.75) is 25.7 Å². The van der Waals surface area contributed by atoms with E-state index in [1.807, 2.05) is 18.2 Å². The maximum Gasteiger partial charge on any atom is 0.157 e. The fourth-order valence-corrected chi connectivity index (χ4v) is 4.57. The molecule has 1 aromatic carbocycles. The van der Waals surface area contributed by atoms with Gasteiger partial charge in [-0.1, -0.05) is 12.1 Å². The smallest absolute Gasteiger partial charge is 0.157 e. The molecule has 0 radical (unpaired) electrons. The summed E-state index contributed by atoms with van der Waals surface area (Å²) in [4.78, 5) is 7.20. The maximum absolute atomic E-state index is 9.81. The summed E-state index contributed by atoms with van der Waals surface area (Å²) < 4.78 is 2.19. The highest BCUT2D eigenvalue weighted by Gasteiger charge is 2.31. The first-order valence-electron chi connectivity index (χ1n) is 9.02. The van der Waals surface area contributed by atoms with Crippen molar-refractivity contribution < 1.29 is 5.11 Å². The molecule has 0 bridgehead atoms. The van der Waals surface area contributed by atoms with Gasteiger partial charge in [0, 0.05) is 25.6 Å². The van der Waals surface area contributed by atoms with Gasteiger partial charge in [0.2, 0.25) is 0 Å². The molecule has 1 saturated heterocycles. The van der Waals surface area contributed by atoms with Crippen molar-refractivity contribution in [1.29, 1.82) is 5.26 Å². The third-order valence-electron chi connectivity index (χ3n) is 5.74. The summed E-state index contributed by atoms with van der Waals surface area (Å²) >= 11 is 0. The molecular weight excluding hydrogens is 348 g/mol. The van der Waals surface area contributed by atoms with Gasteiger partial charge in [-0.15, -0.1) is 12.4 Å². The molecule has 1 atom stereocenters. The molecule has 5 nitrogen and oxygen atoms in total. The van der Waals surface area contributed by atoms with Gasteiger partial charge in [-0.05, 0) is 48.9 Å². The van der Waals surface area contributed by atoms with Crippen LogP contribution in [0.5, 0.6) is 0 Å². The number of nitrogens with zero attached hydrogens (tertiary/aromatic N) is 4. The first-order valence-corrected chi connectivity index (χ1v) is 9.02. The molecule has 0 spiro atoms. The number of pyridine rings is 1. The second-order valence-corrected chi connectivity index (χ2v) is 7.16. The Kier molecular flexibility index (Phi) is 4.26. The number of rotatable bonds is 2. The van der Waals surface area contributed by atoms with Crippen molar-refractivity contribution in [3.8, 4) is 6.07 Å². The molecule has 1 unspecified atom stereocenters. The molecule has 0 amide bonds. The Morgan fingerprint density at radius 3 is 2.81 bits per heavy atom. The van der Waals surface area contributed by atoms with Crippen molar-refractivity contribution in [2.75, 3.05) is 24.6 Å². The molecule has 1 aliphatic carbocycles. The van der Waals surface area contributed by atoms with Crippen LogP contribution in [0.1, 0.15) is 29.5 Å². The summed E-state index contributed by atoms with van der Waals surface area (Å²) in [6, 6.07) is 10.5. The molecule has 5 rings (SSSR count). The number of imidazole rings is 1. The zero-order chi connectivity index (χ0) is 17.0. The Balaban J connectivity index is 0.00000168. The van der Waals surface area contributed by atoms with Gasteiger partial charge in [-0.25, -0.2) is 4.98 Å². The second-order valence-electron chi connectivity index (χ2n) is 7.16. The fourth-order valence-electron chi connectivity index (χ4n) is 4.57. The summed E-state index contributed by atoms with van der Waals surface area (Å²) in [5.41, 5.74) is 6.02. The molecular formula is C20H21ClN4O. The summed E-state index contributed by atoms with van der Waals surface area (Å²) in [7, 11) is 0. The number of halogens is 1. The number of aliphatic hydroxyl groups excluding tert-OH is 1. The number of nitriles is 1. The highest BCUT2D eigenvalue weighted by Crippen LogP contribution is 2.39. The summed E-state index contributed by atoms with van der Waals surface area (Å²) in [5, 5.41) is 19.4. The normalized spacial score (nSPS) is 18.9. The quantitative estimate of drug-likeness (QED) is 0.755. The van der Waals surface area contributed by atoms with E-state index in [9.17, 15) is 10.4 Å². The highest BCUT2D eigenvalue weighted by atomic mass is 35.5. The Bertz CT molecular complexity index is 1040. The Labute approximate surface area is 158 Å². The van der Waals surface area contributed by atoms with Gasteiger partial charge in [0.15, 0.2) is 5.65 Å². The zero-order valence-corrected chi connectivity index (χ0v) is 15.3. The topological polar surface area (TPSA) is 64.6 Å². The number of aromatic nitrogens is 2. The number of anilines is 1. The van der Waals surface area contributed by atoms with Crippen LogP contribution in [0, 0.1) is 17.2 Å². The summed E-state index contributed by atoms with van der Waals surface area (Å²) in [5.74, 6) is 1.53. The van der Waals surface area contributed by atoms with Gasteiger partial charge in [-0.2, -0.15) is 5.26 Å².